The van der Waals surface area contributed by atoms with Crippen molar-refractivity contribution < 1.29 is 0 Å². The number of benzene rings is 1. The highest BCUT2D eigenvalue weighted by molar-refractivity contribution is 7.67. The van der Waals surface area contributed by atoms with Crippen molar-refractivity contribution in [1.82, 2.24) is 0 Å². The van der Waals surface area contributed by atoms with Gasteiger partial charge in [0.25, 0.3) is 0 Å². The summed E-state index contributed by atoms with van der Waals surface area (Å²) in [4.78, 5) is 0. The number of rotatable bonds is 5. The number of allylic oxidation sites excluding steroid dienone is 8. The summed E-state index contributed by atoms with van der Waals surface area (Å²) in [6, 6.07) is 11.1. The van der Waals surface area contributed by atoms with Gasteiger partial charge in [-0.2, -0.15) is 0 Å². The molecule has 0 fully saturated rings. The molecule has 2 atom stereocenters. The fraction of sp³-hybridized carbons (Fsp3) is 0.300. The third-order valence-electron chi connectivity index (χ3n) is 4.56. The summed E-state index contributed by atoms with van der Waals surface area (Å²) in [6.45, 7) is 4.86. The summed E-state index contributed by atoms with van der Waals surface area (Å²) in [6.07, 6.45) is 15.9. The molecule has 0 spiro atoms. The lowest BCUT2D eigenvalue weighted by molar-refractivity contribution is 0.998. The molecule has 1 heteroatoms. The number of hydrogen-bond donors (Lipinski definition) is 0. The van der Waals surface area contributed by atoms with E-state index in [-0.39, 0.29) is 7.92 Å². The maximum Gasteiger partial charge on any atom is 0.00239 e. The number of hydrogen-bond acceptors (Lipinski definition) is 0. The van der Waals surface area contributed by atoms with Crippen molar-refractivity contribution in [1.29, 1.82) is 0 Å². The predicted octanol–water partition coefficient (Wildman–Crippen LogP) is 5.34. The SMILES string of the molecule is C[C@H](C1=CC=CC1)P(c1ccccc1)[C@H](C)C1=CC=CC1. The standard InChI is InChI=1S/C20H23P/c1-16(18-10-6-7-11-18)21(20-14-4-3-5-15-20)17(2)19-12-8-9-13-19/h3-10,12,14-17H,11,13H2,1-2H3/t16-,17-/m1/s1. The molecule has 3 rings (SSSR count). The Morgan fingerprint density at radius 1 is 0.810 bits per heavy atom. The van der Waals surface area contributed by atoms with Crippen LogP contribution >= 0.6 is 7.92 Å². The molecule has 0 saturated heterocycles. The van der Waals surface area contributed by atoms with Gasteiger partial charge in [0.05, 0.1) is 0 Å². The van der Waals surface area contributed by atoms with Crippen LogP contribution in [0.1, 0.15) is 26.7 Å². The van der Waals surface area contributed by atoms with Crippen LogP contribution in [-0.4, -0.2) is 11.3 Å². The summed E-state index contributed by atoms with van der Waals surface area (Å²) in [7, 11) is -0.217. The molecule has 0 amide bonds. The quantitative estimate of drug-likeness (QED) is 0.643. The van der Waals surface area contributed by atoms with Gasteiger partial charge in [0, 0.05) is 11.3 Å². The second-order valence-corrected chi connectivity index (χ2v) is 8.72. The Morgan fingerprint density at radius 2 is 1.33 bits per heavy atom. The first-order chi connectivity index (χ1) is 10.3. The average molecular weight is 294 g/mol. The smallest absolute Gasteiger partial charge is 0.00239 e. The van der Waals surface area contributed by atoms with Crippen molar-refractivity contribution in [3.05, 3.63) is 77.9 Å². The largest absolute Gasteiger partial charge is 0.0804 e. The Balaban J connectivity index is 1.91. The zero-order chi connectivity index (χ0) is 14.7. The minimum Gasteiger partial charge on any atom is -0.0804 e. The first-order valence-corrected chi connectivity index (χ1v) is 9.30. The Bertz CT molecular complexity index is 568. The maximum atomic E-state index is 2.43. The molecule has 0 unspecified atom stereocenters. The van der Waals surface area contributed by atoms with Crippen molar-refractivity contribution in [3.8, 4) is 0 Å². The third-order valence-corrected chi connectivity index (χ3v) is 7.79. The van der Waals surface area contributed by atoms with Crippen LogP contribution < -0.4 is 5.30 Å². The van der Waals surface area contributed by atoms with E-state index in [1.165, 1.54) is 5.30 Å². The Labute approximate surface area is 129 Å². The molecule has 0 aliphatic heterocycles. The summed E-state index contributed by atoms with van der Waals surface area (Å²) >= 11 is 0. The lowest BCUT2D eigenvalue weighted by Gasteiger charge is -2.33. The van der Waals surface area contributed by atoms with Crippen molar-refractivity contribution in [2.24, 2.45) is 0 Å². The summed E-state index contributed by atoms with van der Waals surface area (Å²) in [5.41, 5.74) is 4.49. The van der Waals surface area contributed by atoms with Gasteiger partial charge in [-0.1, -0.05) is 99.7 Å². The van der Waals surface area contributed by atoms with Crippen LogP contribution in [0.15, 0.2) is 77.9 Å². The van der Waals surface area contributed by atoms with Crippen LogP contribution in [-0.2, 0) is 0 Å². The zero-order valence-corrected chi connectivity index (χ0v) is 13.8. The van der Waals surface area contributed by atoms with Crippen molar-refractivity contribution >= 4 is 13.2 Å². The molecular weight excluding hydrogens is 271 g/mol. The minimum atomic E-state index is -0.217. The molecular formula is C20H23P. The zero-order valence-electron chi connectivity index (χ0n) is 12.9. The van der Waals surface area contributed by atoms with E-state index >= 15 is 0 Å². The average Bonchev–Trinajstić information content (AvgIpc) is 3.22. The molecule has 2 aliphatic rings. The maximum absolute atomic E-state index is 2.43. The van der Waals surface area contributed by atoms with E-state index in [1.807, 2.05) is 0 Å². The monoisotopic (exact) mass is 294 g/mol. The molecule has 0 N–H and O–H groups in total. The Morgan fingerprint density at radius 3 is 1.76 bits per heavy atom. The molecule has 0 aromatic heterocycles. The van der Waals surface area contributed by atoms with Crippen LogP contribution in [0.3, 0.4) is 0 Å². The molecule has 0 bridgehead atoms. The molecule has 0 saturated carbocycles. The van der Waals surface area contributed by atoms with E-state index in [0.717, 1.165) is 12.8 Å². The topological polar surface area (TPSA) is 0 Å². The van der Waals surface area contributed by atoms with E-state index in [1.54, 1.807) is 11.1 Å². The summed E-state index contributed by atoms with van der Waals surface area (Å²) < 4.78 is 0. The molecule has 2 aliphatic carbocycles. The Hall–Kier alpha value is -1.39. The van der Waals surface area contributed by atoms with Gasteiger partial charge in [-0.05, 0) is 18.1 Å². The van der Waals surface area contributed by atoms with Gasteiger partial charge in [-0.25, -0.2) is 0 Å². The molecule has 0 radical (unpaired) electrons. The van der Waals surface area contributed by atoms with E-state index in [9.17, 15) is 0 Å². The highest BCUT2D eigenvalue weighted by Crippen LogP contribution is 2.52. The summed E-state index contributed by atoms with van der Waals surface area (Å²) in [5, 5.41) is 1.54. The van der Waals surface area contributed by atoms with E-state index < -0.39 is 0 Å². The molecule has 0 heterocycles. The molecule has 1 aromatic rings. The second-order valence-electron chi connectivity index (χ2n) is 5.84. The highest BCUT2D eigenvalue weighted by atomic mass is 31.1. The fourth-order valence-corrected chi connectivity index (χ4v) is 6.47. The van der Waals surface area contributed by atoms with Gasteiger partial charge in [-0.3, -0.25) is 0 Å². The van der Waals surface area contributed by atoms with E-state index in [2.05, 4.69) is 80.6 Å². The Kier molecular flexibility index (Phi) is 4.56. The van der Waals surface area contributed by atoms with Gasteiger partial charge in [0.15, 0.2) is 0 Å². The van der Waals surface area contributed by atoms with E-state index in [0.29, 0.717) is 11.3 Å². The van der Waals surface area contributed by atoms with Crippen LogP contribution in [0.4, 0.5) is 0 Å². The van der Waals surface area contributed by atoms with Crippen molar-refractivity contribution in [2.75, 3.05) is 0 Å². The predicted molar refractivity (Wildman–Crippen MR) is 95.6 cm³/mol. The second kappa shape index (κ2) is 6.58. The third kappa shape index (κ3) is 3.11. The van der Waals surface area contributed by atoms with Crippen LogP contribution in [0.2, 0.25) is 0 Å². The van der Waals surface area contributed by atoms with Crippen LogP contribution in [0, 0.1) is 0 Å². The molecule has 21 heavy (non-hydrogen) atoms. The minimum absolute atomic E-state index is 0.217. The molecule has 1 aromatic carbocycles. The summed E-state index contributed by atoms with van der Waals surface area (Å²) in [5.74, 6) is 0. The van der Waals surface area contributed by atoms with Crippen molar-refractivity contribution in [3.63, 3.8) is 0 Å². The van der Waals surface area contributed by atoms with Gasteiger partial charge in [0.1, 0.15) is 0 Å². The molecule has 108 valence electrons. The van der Waals surface area contributed by atoms with Gasteiger partial charge in [-0.15, -0.1) is 0 Å². The lowest BCUT2D eigenvalue weighted by Crippen LogP contribution is -2.21. The highest BCUT2D eigenvalue weighted by Gasteiger charge is 2.29. The van der Waals surface area contributed by atoms with Gasteiger partial charge < -0.3 is 0 Å². The van der Waals surface area contributed by atoms with Crippen molar-refractivity contribution in [2.45, 2.75) is 38.0 Å². The normalized spacial score (nSPS) is 19.8. The molecule has 0 nitrogen and oxygen atoms in total. The van der Waals surface area contributed by atoms with Crippen LogP contribution in [0.5, 0.6) is 0 Å². The van der Waals surface area contributed by atoms with E-state index in [4.69, 9.17) is 0 Å². The van der Waals surface area contributed by atoms with Crippen LogP contribution in [0.25, 0.3) is 0 Å². The lowest BCUT2D eigenvalue weighted by atomic mass is 10.2. The van der Waals surface area contributed by atoms with Gasteiger partial charge in [0.2, 0.25) is 0 Å². The van der Waals surface area contributed by atoms with Gasteiger partial charge >= 0.3 is 0 Å². The first-order valence-electron chi connectivity index (χ1n) is 7.82. The first kappa shape index (κ1) is 14.5. The fourth-order valence-electron chi connectivity index (χ4n) is 3.29.